The van der Waals surface area contributed by atoms with Gasteiger partial charge < -0.3 is 14.8 Å². The molecule has 4 rings (SSSR count). The Morgan fingerprint density at radius 1 is 0.812 bits per heavy atom. The Hall–Kier alpha value is -2.82. The lowest BCUT2D eigenvalue weighted by Crippen LogP contribution is -2.41. The summed E-state index contributed by atoms with van der Waals surface area (Å²) in [5, 5.41) is 3.77. The second kappa shape index (κ2) is 11.7. The van der Waals surface area contributed by atoms with Gasteiger partial charge in [0, 0.05) is 24.7 Å². The van der Waals surface area contributed by atoms with Crippen molar-refractivity contribution in [1.82, 2.24) is 10.2 Å². The van der Waals surface area contributed by atoms with Crippen LogP contribution in [0.5, 0.6) is 11.5 Å². The molecule has 1 aliphatic heterocycles. The number of rotatable bonds is 10. The number of para-hydroxylation sites is 1. The Morgan fingerprint density at radius 2 is 1.50 bits per heavy atom. The van der Waals surface area contributed by atoms with Crippen molar-refractivity contribution in [3.63, 3.8) is 0 Å². The van der Waals surface area contributed by atoms with Gasteiger partial charge in [0.05, 0.1) is 6.61 Å². The van der Waals surface area contributed by atoms with Gasteiger partial charge in [-0.15, -0.1) is 0 Å². The van der Waals surface area contributed by atoms with Gasteiger partial charge in [-0.05, 0) is 50.0 Å². The summed E-state index contributed by atoms with van der Waals surface area (Å²) in [5.41, 5.74) is 3.70. The summed E-state index contributed by atoms with van der Waals surface area (Å²) in [7, 11) is 0. The minimum Gasteiger partial charge on any atom is -0.490 e. The highest BCUT2D eigenvalue weighted by Crippen LogP contribution is 2.32. The van der Waals surface area contributed by atoms with E-state index < -0.39 is 0 Å². The highest BCUT2D eigenvalue weighted by Gasteiger charge is 2.20. The molecule has 1 fully saturated rings. The van der Waals surface area contributed by atoms with E-state index in [1.54, 1.807) is 0 Å². The first kappa shape index (κ1) is 22.4. The first-order valence-corrected chi connectivity index (χ1v) is 11.7. The quantitative estimate of drug-likeness (QED) is 0.466. The number of nitrogens with one attached hydrogen (secondary N) is 1. The zero-order valence-electron chi connectivity index (χ0n) is 19.0. The molecule has 1 heterocycles. The molecule has 0 aromatic heterocycles. The summed E-state index contributed by atoms with van der Waals surface area (Å²) in [6.07, 6.45) is 2.33. The molecule has 1 saturated heterocycles. The predicted octanol–water partition coefficient (Wildman–Crippen LogP) is 5.42. The molecule has 3 aromatic rings. The minimum atomic E-state index is 0.528. The Balaban J connectivity index is 1.33. The molecule has 168 valence electrons. The van der Waals surface area contributed by atoms with E-state index in [9.17, 15) is 0 Å². The third-order valence-corrected chi connectivity index (χ3v) is 6.00. The molecule has 0 spiro atoms. The Kier molecular flexibility index (Phi) is 8.18. The number of benzene rings is 3. The number of ether oxygens (including phenoxy) is 2. The van der Waals surface area contributed by atoms with E-state index in [2.05, 4.69) is 64.8 Å². The molecule has 0 unspecified atom stereocenters. The van der Waals surface area contributed by atoms with E-state index in [-0.39, 0.29) is 0 Å². The van der Waals surface area contributed by atoms with E-state index in [4.69, 9.17) is 9.47 Å². The van der Waals surface area contributed by atoms with Crippen LogP contribution in [0.3, 0.4) is 0 Å². The number of likely N-dealkylation sites (tertiary alicyclic amines) is 1. The maximum atomic E-state index is 6.26. The van der Waals surface area contributed by atoms with Crippen LogP contribution in [0.1, 0.15) is 36.5 Å². The van der Waals surface area contributed by atoms with Gasteiger partial charge >= 0.3 is 0 Å². The van der Waals surface area contributed by atoms with Gasteiger partial charge in [0.25, 0.3) is 0 Å². The van der Waals surface area contributed by atoms with Crippen LogP contribution < -0.4 is 14.8 Å². The smallest absolute Gasteiger partial charge is 0.166 e. The number of hydrogen-bond acceptors (Lipinski definition) is 4. The van der Waals surface area contributed by atoms with Crippen molar-refractivity contribution in [1.29, 1.82) is 0 Å². The molecule has 3 aromatic carbocycles. The Bertz CT molecular complexity index is 938. The summed E-state index contributed by atoms with van der Waals surface area (Å²) in [4.78, 5) is 2.55. The van der Waals surface area contributed by atoms with Crippen LogP contribution >= 0.6 is 0 Å². The van der Waals surface area contributed by atoms with Crippen molar-refractivity contribution in [2.24, 2.45) is 0 Å². The number of piperidine rings is 1. The Morgan fingerprint density at radius 3 is 2.19 bits per heavy atom. The summed E-state index contributed by atoms with van der Waals surface area (Å²) in [6.45, 7) is 7.25. The van der Waals surface area contributed by atoms with Crippen LogP contribution in [-0.4, -0.2) is 30.6 Å². The first-order valence-electron chi connectivity index (χ1n) is 11.7. The lowest BCUT2D eigenvalue weighted by atomic mass is 10.0. The molecular formula is C28H34N2O2. The molecule has 32 heavy (non-hydrogen) atoms. The third-order valence-electron chi connectivity index (χ3n) is 6.00. The Labute approximate surface area is 192 Å². The molecule has 1 aliphatic rings. The fourth-order valence-electron chi connectivity index (χ4n) is 4.25. The van der Waals surface area contributed by atoms with Gasteiger partial charge in [0.2, 0.25) is 0 Å². The van der Waals surface area contributed by atoms with Crippen molar-refractivity contribution in [2.45, 2.75) is 45.5 Å². The summed E-state index contributed by atoms with van der Waals surface area (Å²) >= 11 is 0. The standard InChI is InChI=1S/C28H34N2O2/c1-2-31-27-15-9-14-25(28(27)32-22-24-12-7-4-8-13-24)20-29-26-16-18-30(19-17-26)21-23-10-5-3-6-11-23/h3-15,26,29H,2,16-22H2,1H3. The third kappa shape index (κ3) is 6.35. The van der Waals surface area contributed by atoms with E-state index in [1.165, 1.54) is 5.56 Å². The topological polar surface area (TPSA) is 33.7 Å². The number of hydrogen-bond donors (Lipinski definition) is 1. The zero-order valence-corrected chi connectivity index (χ0v) is 19.0. The molecule has 0 bridgehead atoms. The van der Waals surface area contributed by atoms with E-state index in [0.29, 0.717) is 19.3 Å². The molecule has 0 radical (unpaired) electrons. The molecule has 1 N–H and O–H groups in total. The van der Waals surface area contributed by atoms with Crippen LogP contribution in [-0.2, 0) is 19.7 Å². The monoisotopic (exact) mass is 430 g/mol. The normalized spacial score (nSPS) is 14.9. The largest absolute Gasteiger partial charge is 0.490 e. The van der Waals surface area contributed by atoms with Crippen molar-refractivity contribution >= 4 is 0 Å². The fraction of sp³-hybridized carbons (Fsp3) is 0.357. The first-order chi connectivity index (χ1) is 15.8. The molecule has 0 saturated carbocycles. The van der Waals surface area contributed by atoms with Crippen LogP contribution in [0.15, 0.2) is 78.9 Å². The van der Waals surface area contributed by atoms with Crippen molar-refractivity contribution < 1.29 is 9.47 Å². The molecule has 4 nitrogen and oxygen atoms in total. The van der Waals surface area contributed by atoms with E-state index in [0.717, 1.165) is 61.6 Å². The number of nitrogens with zero attached hydrogens (tertiary/aromatic N) is 1. The lowest BCUT2D eigenvalue weighted by Gasteiger charge is -2.32. The maximum Gasteiger partial charge on any atom is 0.166 e. The predicted molar refractivity (Wildman–Crippen MR) is 130 cm³/mol. The molecular weight excluding hydrogens is 396 g/mol. The lowest BCUT2D eigenvalue weighted by molar-refractivity contribution is 0.189. The molecule has 0 aliphatic carbocycles. The average molecular weight is 431 g/mol. The van der Waals surface area contributed by atoms with Gasteiger partial charge in [-0.1, -0.05) is 72.8 Å². The van der Waals surface area contributed by atoms with Gasteiger partial charge in [-0.25, -0.2) is 0 Å². The van der Waals surface area contributed by atoms with Crippen molar-refractivity contribution in [3.05, 3.63) is 95.6 Å². The van der Waals surface area contributed by atoms with Gasteiger partial charge in [-0.2, -0.15) is 0 Å². The van der Waals surface area contributed by atoms with Gasteiger partial charge in [0.1, 0.15) is 6.61 Å². The minimum absolute atomic E-state index is 0.528. The molecule has 0 amide bonds. The van der Waals surface area contributed by atoms with E-state index >= 15 is 0 Å². The average Bonchev–Trinajstić information content (AvgIpc) is 2.84. The highest BCUT2D eigenvalue weighted by molar-refractivity contribution is 5.47. The van der Waals surface area contributed by atoms with Gasteiger partial charge in [-0.3, -0.25) is 4.90 Å². The molecule has 0 atom stereocenters. The van der Waals surface area contributed by atoms with E-state index in [1.807, 2.05) is 31.2 Å². The summed E-state index contributed by atoms with van der Waals surface area (Å²) in [5.74, 6) is 1.67. The van der Waals surface area contributed by atoms with Crippen molar-refractivity contribution in [2.75, 3.05) is 19.7 Å². The summed E-state index contributed by atoms with van der Waals surface area (Å²) < 4.78 is 12.1. The SMILES string of the molecule is CCOc1cccc(CNC2CCN(Cc3ccccc3)CC2)c1OCc1ccccc1. The van der Waals surface area contributed by atoms with Crippen molar-refractivity contribution in [3.8, 4) is 11.5 Å². The molecule has 4 heteroatoms. The van der Waals surface area contributed by atoms with Crippen LogP contribution in [0.4, 0.5) is 0 Å². The zero-order chi connectivity index (χ0) is 22.0. The van der Waals surface area contributed by atoms with Gasteiger partial charge in [0.15, 0.2) is 11.5 Å². The highest BCUT2D eigenvalue weighted by atomic mass is 16.5. The van der Waals surface area contributed by atoms with Crippen LogP contribution in [0, 0.1) is 0 Å². The second-order valence-electron chi connectivity index (χ2n) is 8.37. The van der Waals surface area contributed by atoms with Crippen LogP contribution in [0.2, 0.25) is 0 Å². The summed E-state index contributed by atoms with van der Waals surface area (Å²) in [6, 6.07) is 27.8. The maximum absolute atomic E-state index is 6.26. The van der Waals surface area contributed by atoms with Crippen LogP contribution in [0.25, 0.3) is 0 Å². The fourth-order valence-corrected chi connectivity index (χ4v) is 4.25. The second-order valence-corrected chi connectivity index (χ2v) is 8.37.